The zero-order chi connectivity index (χ0) is 9.10. The van der Waals surface area contributed by atoms with Crippen LogP contribution in [-0.4, -0.2) is 23.7 Å². The molecule has 13 heavy (non-hydrogen) atoms. The SMILES string of the molecule is CC1CC(Nc2nccs2)CCO1. The number of hydrogen-bond donors (Lipinski definition) is 1. The summed E-state index contributed by atoms with van der Waals surface area (Å²) in [5.74, 6) is 0. The molecule has 1 aliphatic rings. The van der Waals surface area contributed by atoms with Gasteiger partial charge in [-0.1, -0.05) is 0 Å². The van der Waals surface area contributed by atoms with Gasteiger partial charge < -0.3 is 10.1 Å². The molecule has 2 atom stereocenters. The topological polar surface area (TPSA) is 34.2 Å². The highest BCUT2D eigenvalue weighted by Crippen LogP contribution is 2.19. The summed E-state index contributed by atoms with van der Waals surface area (Å²) in [5, 5.41) is 6.44. The molecule has 3 nitrogen and oxygen atoms in total. The van der Waals surface area contributed by atoms with Crippen LogP contribution in [0.5, 0.6) is 0 Å². The summed E-state index contributed by atoms with van der Waals surface area (Å²) in [6.07, 6.45) is 4.38. The van der Waals surface area contributed by atoms with Gasteiger partial charge in [-0.15, -0.1) is 11.3 Å². The molecule has 1 aromatic heterocycles. The van der Waals surface area contributed by atoms with Crippen molar-refractivity contribution in [2.75, 3.05) is 11.9 Å². The zero-order valence-corrected chi connectivity index (χ0v) is 8.51. The Kier molecular flexibility index (Phi) is 2.80. The van der Waals surface area contributed by atoms with Gasteiger partial charge in [-0.25, -0.2) is 4.98 Å². The quantitative estimate of drug-likeness (QED) is 0.790. The summed E-state index contributed by atoms with van der Waals surface area (Å²) in [5.41, 5.74) is 0. The number of nitrogens with zero attached hydrogens (tertiary/aromatic N) is 1. The molecule has 0 bridgehead atoms. The molecule has 0 amide bonds. The highest BCUT2D eigenvalue weighted by molar-refractivity contribution is 7.13. The van der Waals surface area contributed by atoms with E-state index in [0.29, 0.717) is 12.1 Å². The third-order valence-corrected chi connectivity index (χ3v) is 2.95. The van der Waals surface area contributed by atoms with E-state index in [-0.39, 0.29) is 0 Å². The Bertz CT molecular complexity index is 250. The molecule has 2 rings (SSSR count). The number of nitrogens with one attached hydrogen (secondary N) is 1. The van der Waals surface area contributed by atoms with Crippen molar-refractivity contribution in [3.63, 3.8) is 0 Å². The molecule has 1 saturated heterocycles. The number of aromatic nitrogens is 1. The summed E-state index contributed by atoms with van der Waals surface area (Å²) in [6.45, 7) is 2.99. The summed E-state index contributed by atoms with van der Waals surface area (Å²) in [4.78, 5) is 4.20. The van der Waals surface area contributed by atoms with E-state index in [9.17, 15) is 0 Å². The van der Waals surface area contributed by atoms with Crippen LogP contribution < -0.4 is 5.32 Å². The lowest BCUT2D eigenvalue weighted by molar-refractivity contribution is 0.0232. The monoisotopic (exact) mass is 198 g/mol. The molecule has 1 aromatic rings. The summed E-state index contributed by atoms with van der Waals surface area (Å²) >= 11 is 1.65. The van der Waals surface area contributed by atoms with Crippen LogP contribution in [0.4, 0.5) is 5.13 Å². The number of rotatable bonds is 2. The minimum absolute atomic E-state index is 0.381. The van der Waals surface area contributed by atoms with Gasteiger partial charge in [0.2, 0.25) is 0 Å². The molecule has 2 unspecified atom stereocenters. The number of hydrogen-bond acceptors (Lipinski definition) is 4. The minimum Gasteiger partial charge on any atom is -0.378 e. The first kappa shape index (κ1) is 8.97. The fraction of sp³-hybridized carbons (Fsp3) is 0.667. The lowest BCUT2D eigenvalue weighted by atomic mass is 10.1. The van der Waals surface area contributed by atoms with Crippen LogP contribution in [0, 0.1) is 0 Å². The number of anilines is 1. The van der Waals surface area contributed by atoms with Crippen molar-refractivity contribution >= 4 is 16.5 Å². The first-order valence-corrected chi connectivity index (χ1v) is 5.50. The van der Waals surface area contributed by atoms with Crippen molar-refractivity contribution in [2.24, 2.45) is 0 Å². The standard InChI is InChI=1S/C9H14N2OS/c1-7-6-8(2-4-12-7)11-9-10-3-5-13-9/h3,5,7-8H,2,4,6H2,1H3,(H,10,11). The highest BCUT2D eigenvalue weighted by Gasteiger charge is 2.19. The second kappa shape index (κ2) is 4.07. The van der Waals surface area contributed by atoms with Crippen LogP contribution in [-0.2, 0) is 4.74 Å². The predicted octanol–water partition coefficient (Wildman–Crippen LogP) is 2.12. The molecule has 0 aromatic carbocycles. The van der Waals surface area contributed by atoms with Gasteiger partial charge in [-0.05, 0) is 19.8 Å². The van der Waals surface area contributed by atoms with E-state index >= 15 is 0 Å². The maximum atomic E-state index is 5.47. The van der Waals surface area contributed by atoms with E-state index in [1.807, 2.05) is 11.6 Å². The Morgan fingerprint density at radius 2 is 2.62 bits per heavy atom. The van der Waals surface area contributed by atoms with Gasteiger partial charge in [0.15, 0.2) is 5.13 Å². The molecule has 72 valence electrons. The average molecular weight is 198 g/mol. The summed E-state index contributed by atoms with van der Waals surface area (Å²) < 4.78 is 5.47. The largest absolute Gasteiger partial charge is 0.378 e. The fourth-order valence-electron chi connectivity index (χ4n) is 1.60. The molecule has 0 saturated carbocycles. The Morgan fingerprint density at radius 1 is 1.69 bits per heavy atom. The van der Waals surface area contributed by atoms with Gasteiger partial charge in [0.05, 0.1) is 6.10 Å². The Hall–Kier alpha value is -0.610. The average Bonchev–Trinajstić information content (AvgIpc) is 2.57. The van der Waals surface area contributed by atoms with Crippen molar-refractivity contribution in [2.45, 2.75) is 31.9 Å². The molecule has 0 aliphatic carbocycles. The minimum atomic E-state index is 0.381. The van der Waals surface area contributed by atoms with Crippen LogP contribution >= 0.6 is 11.3 Å². The molecule has 1 fully saturated rings. The molecule has 1 N–H and O–H groups in total. The van der Waals surface area contributed by atoms with E-state index in [0.717, 1.165) is 24.6 Å². The van der Waals surface area contributed by atoms with E-state index in [1.165, 1.54) is 0 Å². The van der Waals surface area contributed by atoms with Crippen LogP contribution in [0.1, 0.15) is 19.8 Å². The predicted molar refractivity (Wildman–Crippen MR) is 54.2 cm³/mol. The third kappa shape index (κ3) is 2.42. The van der Waals surface area contributed by atoms with Gasteiger partial charge in [-0.2, -0.15) is 0 Å². The second-order valence-corrected chi connectivity index (χ2v) is 4.28. The zero-order valence-electron chi connectivity index (χ0n) is 7.69. The summed E-state index contributed by atoms with van der Waals surface area (Å²) in [6, 6.07) is 0.537. The smallest absolute Gasteiger partial charge is 0.182 e. The van der Waals surface area contributed by atoms with Gasteiger partial charge in [0.1, 0.15) is 0 Å². The fourth-order valence-corrected chi connectivity index (χ4v) is 2.21. The van der Waals surface area contributed by atoms with Crippen LogP contribution in [0.25, 0.3) is 0 Å². The molecule has 1 aliphatic heterocycles. The van der Waals surface area contributed by atoms with Gasteiger partial charge >= 0.3 is 0 Å². The van der Waals surface area contributed by atoms with Crippen molar-refractivity contribution in [1.82, 2.24) is 4.98 Å². The molecule has 2 heterocycles. The van der Waals surface area contributed by atoms with E-state index in [1.54, 1.807) is 11.3 Å². The van der Waals surface area contributed by atoms with Gasteiger partial charge in [0.25, 0.3) is 0 Å². The van der Waals surface area contributed by atoms with Crippen molar-refractivity contribution in [3.8, 4) is 0 Å². The van der Waals surface area contributed by atoms with Gasteiger partial charge in [-0.3, -0.25) is 0 Å². The summed E-state index contributed by atoms with van der Waals surface area (Å²) in [7, 11) is 0. The lowest BCUT2D eigenvalue weighted by Gasteiger charge is -2.27. The normalized spacial score (nSPS) is 28.7. The second-order valence-electron chi connectivity index (χ2n) is 3.38. The first-order chi connectivity index (χ1) is 6.34. The maximum absolute atomic E-state index is 5.47. The highest BCUT2D eigenvalue weighted by atomic mass is 32.1. The molecule has 4 heteroatoms. The van der Waals surface area contributed by atoms with Crippen LogP contribution in [0.15, 0.2) is 11.6 Å². The molecular weight excluding hydrogens is 184 g/mol. The van der Waals surface area contributed by atoms with Crippen LogP contribution in [0.3, 0.4) is 0 Å². The third-order valence-electron chi connectivity index (χ3n) is 2.25. The number of thiazole rings is 1. The van der Waals surface area contributed by atoms with Crippen molar-refractivity contribution in [1.29, 1.82) is 0 Å². The van der Waals surface area contributed by atoms with Crippen molar-refractivity contribution < 1.29 is 4.74 Å². The molecular formula is C9H14N2OS. The van der Waals surface area contributed by atoms with E-state index < -0.39 is 0 Å². The Balaban J connectivity index is 1.87. The number of ether oxygens (including phenoxy) is 1. The van der Waals surface area contributed by atoms with Gasteiger partial charge in [0, 0.05) is 24.2 Å². The Morgan fingerprint density at radius 3 is 3.31 bits per heavy atom. The van der Waals surface area contributed by atoms with Crippen LogP contribution in [0.2, 0.25) is 0 Å². The van der Waals surface area contributed by atoms with Crippen molar-refractivity contribution in [3.05, 3.63) is 11.6 Å². The van der Waals surface area contributed by atoms with E-state index in [4.69, 9.17) is 4.74 Å². The first-order valence-electron chi connectivity index (χ1n) is 4.62. The molecule has 0 spiro atoms. The maximum Gasteiger partial charge on any atom is 0.182 e. The molecule has 0 radical (unpaired) electrons. The lowest BCUT2D eigenvalue weighted by Crippen LogP contribution is -2.32. The van der Waals surface area contributed by atoms with E-state index in [2.05, 4.69) is 17.2 Å². The Labute approximate surface area is 82.1 Å².